The van der Waals surface area contributed by atoms with Gasteiger partial charge in [-0.3, -0.25) is 0 Å². The number of aromatic nitrogens is 7. The van der Waals surface area contributed by atoms with Crippen LogP contribution in [0.1, 0.15) is 25.1 Å². The third-order valence-electron chi connectivity index (χ3n) is 5.61. The molecular weight excluding hydrogens is 424 g/mol. The molecule has 11 heteroatoms. The largest absolute Gasteiger partial charge is 0.367 e. The van der Waals surface area contributed by atoms with Crippen LogP contribution in [0.4, 0.5) is 17.5 Å². The standard InChI is InChI=1S/C21H24N10S/c1-32-18-12-23-21(24-13-18)26-16-3-2-15(10-16)25-19-5-4-17(11-22-19)31-8-6-14(7-9-31)20-27-29-30-28-20/h4-8,11-13,15-16H,2-3,9-10H2,1H3,(H,22,25)(H,23,24,26)(H,27,28,29,30)/t15-,16-/m0/s1. The summed E-state index contributed by atoms with van der Waals surface area (Å²) in [6, 6.07) is 4.86. The van der Waals surface area contributed by atoms with Crippen molar-refractivity contribution in [3.05, 3.63) is 54.9 Å². The lowest BCUT2D eigenvalue weighted by molar-refractivity contribution is 0.716. The monoisotopic (exact) mass is 448 g/mol. The maximum absolute atomic E-state index is 4.62. The highest BCUT2D eigenvalue weighted by Crippen LogP contribution is 2.26. The molecule has 0 amide bonds. The van der Waals surface area contributed by atoms with Gasteiger partial charge in [0.05, 0.1) is 11.9 Å². The van der Waals surface area contributed by atoms with Crippen LogP contribution in [-0.2, 0) is 0 Å². The molecule has 0 spiro atoms. The molecule has 5 rings (SSSR count). The first-order chi connectivity index (χ1) is 15.8. The molecular formula is C21H24N10S. The summed E-state index contributed by atoms with van der Waals surface area (Å²) in [5, 5.41) is 21.1. The molecule has 2 aliphatic rings. The van der Waals surface area contributed by atoms with Crippen LogP contribution in [0.25, 0.3) is 5.57 Å². The number of nitrogens with zero attached hydrogens (tertiary/aromatic N) is 7. The van der Waals surface area contributed by atoms with Crippen LogP contribution in [0.3, 0.4) is 0 Å². The molecule has 1 saturated carbocycles. The fourth-order valence-electron chi connectivity index (χ4n) is 3.91. The van der Waals surface area contributed by atoms with Gasteiger partial charge in [0, 0.05) is 47.7 Å². The van der Waals surface area contributed by atoms with Crippen molar-refractivity contribution in [1.82, 2.24) is 35.6 Å². The normalized spacial score (nSPS) is 20.3. The van der Waals surface area contributed by atoms with E-state index in [1.165, 1.54) is 0 Å². The highest BCUT2D eigenvalue weighted by Gasteiger charge is 2.25. The number of pyridine rings is 1. The van der Waals surface area contributed by atoms with Crippen molar-refractivity contribution in [3.63, 3.8) is 0 Å². The first-order valence-corrected chi connectivity index (χ1v) is 11.7. The average Bonchev–Trinajstić information content (AvgIpc) is 3.53. The predicted octanol–water partition coefficient (Wildman–Crippen LogP) is 2.97. The molecule has 0 aromatic carbocycles. The summed E-state index contributed by atoms with van der Waals surface area (Å²) in [5.41, 5.74) is 1.99. The van der Waals surface area contributed by atoms with Crippen molar-refractivity contribution in [3.8, 4) is 0 Å². The Morgan fingerprint density at radius 3 is 2.56 bits per heavy atom. The van der Waals surface area contributed by atoms with Gasteiger partial charge >= 0.3 is 0 Å². The number of aromatic amines is 1. The van der Waals surface area contributed by atoms with E-state index in [2.05, 4.69) is 63.3 Å². The third kappa shape index (κ3) is 4.72. The molecule has 3 aromatic heterocycles. The Kier molecular flexibility index (Phi) is 5.97. The number of allylic oxidation sites excluding steroid dienone is 2. The van der Waals surface area contributed by atoms with E-state index in [0.717, 1.165) is 47.8 Å². The lowest BCUT2D eigenvalue weighted by atomic mass is 10.1. The molecule has 4 heterocycles. The lowest BCUT2D eigenvalue weighted by Gasteiger charge is -2.22. The average molecular weight is 449 g/mol. The van der Waals surface area contributed by atoms with Crippen molar-refractivity contribution in [1.29, 1.82) is 0 Å². The number of hydrogen-bond donors (Lipinski definition) is 3. The van der Waals surface area contributed by atoms with Crippen LogP contribution < -0.4 is 15.5 Å². The Labute approximate surface area is 190 Å². The van der Waals surface area contributed by atoms with Gasteiger partial charge in [0.1, 0.15) is 5.82 Å². The van der Waals surface area contributed by atoms with Gasteiger partial charge in [-0.15, -0.1) is 22.0 Å². The van der Waals surface area contributed by atoms with Crippen LogP contribution in [0.15, 0.2) is 54.0 Å². The fourth-order valence-corrected chi connectivity index (χ4v) is 4.23. The molecule has 0 saturated heterocycles. The quantitative estimate of drug-likeness (QED) is 0.465. The minimum atomic E-state index is 0.366. The Morgan fingerprint density at radius 2 is 1.91 bits per heavy atom. The summed E-state index contributed by atoms with van der Waals surface area (Å²) < 4.78 is 0. The van der Waals surface area contributed by atoms with Crippen LogP contribution in [-0.4, -0.2) is 60.5 Å². The molecule has 3 N–H and O–H groups in total. The Balaban J connectivity index is 1.12. The van der Waals surface area contributed by atoms with E-state index in [0.29, 0.717) is 23.9 Å². The molecule has 1 aliphatic carbocycles. The molecule has 1 fully saturated rings. The summed E-state index contributed by atoms with van der Waals surface area (Å²) in [5.74, 6) is 2.19. The molecule has 2 atom stereocenters. The SMILES string of the molecule is CSc1cnc(N[C@H]2CC[C@H](Nc3ccc(N4C=CC(c5nn[nH]n5)=CC4)cn3)C2)nc1. The van der Waals surface area contributed by atoms with Crippen LogP contribution in [0.2, 0.25) is 0 Å². The maximum atomic E-state index is 4.62. The van der Waals surface area contributed by atoms with E-state index >= 15 is 0 Å². The summed E-state index contributed by atoms with van der Waals surface area (Å²) >= 11 is 1.64. The first-order valence-electron chi connectivity index (χ1n) is 10.5. The number of anilines is 3. The van der Waals surface area contributed by atoms with E-state index in [9.17, 15) is 0 Å². The highest BCUT2D eigenvalue weighted by molar-refractivity contribution is 7.98. The molecule has 164 valence electrons. The topological polar surface area (TPSA) is 120 Å². The van der Waals surface area contributed by atoms with E-state index in [4.69, 9.17) is 0 Å². The van der Waals surface area contributed by atoms with Crippen LogP contribution in [0, 0.1) is 0 Å². The maximum Gasteiger partial charge on any atom is 0.222 e. The zero-order valence-electron chi connectivity index (χ0n) is 17.6. The summed E-state index contributed by atoms with van der Waals surface area (Å²) in [4.78, 5) is 16.6. The number of hydrogen-bond acceptors (Lipinski definition) is 10. The summed E-state index contributed by atoms with van der Waals surface area (Å²) in [6.07, 6.45) is 16.9. The van der Waals surface area contributed by atoms with Crippen molar-refractivity contribution in [2.75, 3.05) is 28.3 Å². The number of H-pyrrole nitrogens is 1. The summed E-state index contributed by atoms with van der Waals surface area (Å²) in [6.45, 7) is 0.727. The second kappa shape index (κ2) is 9.35. The van der Waals surface area contributed by atoms with Gasteiger partial charge in [0.2, 0.25) is 11.8 Å². The van der Waals surface area contributed by atoms with Gasteiger partial charge in [0.25, 0.3) is 0 Å². The van der Waals surface area contributed by atoms with Gasteiger partial charge in [0.15, 0.2) is 0 Å². The molecule has 0 radical (unpaired) electrons. The molecule has 10 nitrogen and oxygen atoms in total. The highest BCUT2D eigenvalue weighted by atomic mass is 32.2. The van der Waals surface area contributed by atoms with Gasteiger partial charge in [-0.2, -0.15) is 5.21 Å². The first kappa shape index (κ1) is 20.4. The number of tetrazole rings is 1. The van der Waals surface area contributed by atoms with Crippen molar-refractivity contribution in [2.24, 2.45) is 0 Å². The van der Waals surface area contributed by atoms with E-state index in [-0.39, 0.29) is 0 Å². The van der Waals surface area contributed by atoms with Crippen LogP contribution >= 0.6 is 11.8 Å². The molecule has 0 bridgehead atoms. The lowest BCUT2D eigenvalue weighted by Crippen LogP contribution is -2.22. The van der Waals surface area contributed by atoms with E-state index in [1.54, 1.807) is 11.8 Å². The molecule has 3 aromatic rings. The second-order valence-corrected chi connectivity index (χ2v) is 8.59. The van der Waals surface area contributed by atoms with Crippen molar-refractivity contribution >= 4 is 34.8 Å². The Hall–Kier alpha value is -3.47. The molecule has 1 aliphatic heterocycles. The second-order valence-electron chi connectivity index (χ2n) is 7.71. The third-order valence-corrected chi connectivity index (χ3v) is 6.29. The van der Waals surface area contributed by atoms with Crippen LogP contribution in [0.5, 0.6) is 0 Å². The molecule has 32 heavy (non-hydrogen) atoms. The minimum Gasteiger partial charge on any atom is -0.367 e. The van der Waals surface area contributed by atoms with Gasteiger partial charge < -0.3 is 15.5 Å². The zero-order chi connectivity index (χ0) is 21.8. The van der Waals surface area contributed by atoms with E-state index < -0.39 is 0 Å². The zero-order valence-corrected chi connectivity index (χ0v) is 18.5. The van der Waals surface area contributed by atoms with Crippen molar-refractivity contribution < 1.29 is 0 Å². The fraction of sp³-hybridized carbons (Fsp3) is 0.333. The summed E-state index contributed by atoms with van der Waals surface area (Å²) in [7, 11) is 0. The Morgan fingerprint density at radius 1 is 1.06 bits per heavy atom. The van der Waals surface area contributed by atoms with E-state index in [1.807, 2.05) is 43.2 Å². The van der Waals surface area contributed by atoms with Gasteiger partial charge in [-0.25, -0.2) is 15.0 Å². The molecule has 0 unspecified atom stereocenters. The predicted molar refractivity (Wildman–Crippen MR) is 125 cm³/mol. The minimum absolute atomic E-state index is 0.366. The van der Waals surface area contributed by atoms with Crippen molar-refractivity contribution in [2.45, 2.75) is 36.2 Å². The smallest absolute Gasteiger partial charge is 0.222 e. The Bertz CT molecular complexity index is 1080. The van der Waals surface area contributed by atoms with Gasteiger partial charge in [-0.05, 0) is 48.9 Å². The number of rotatable bonds is 7. The van der Waals surface area contributed by atoms with Gasteiger partial charge in [-0.1, -0.05) is 6.08 Å². The number of thioether (sulfide) groups is 1. The number of nitrogens with one attached hydrogen (secondary N) is 3.